The lowest BCUT2D eigenvalue weighted by molar-refractivity contribution is 0.0734. The van der Waals surface area contributed by atoms with Crippen LogP contribution in [0.5, 0.6) is 11.6 Å². The molecular weight excluding hydrogens is 385 g/mol. The van der Waals surface area contributed by atoms with E-state index in [4.69, 9.17) is 4.74 Å². The number of amides is 1. The Labute approximate surface area is 174 Å². The van der Waals surface area contributed by atoms with E-state index < -0.39 is 6.86 Å². The molecule has 1 aliphatic rings. The molecule has 0 fully saturated rings. The molecule has 4 rings (SSSR count). The Morgan fingerprint density at radius 2 is 1.97 bits per heavy atom. The van der Waals surface area contributed by atoms with E-state index in [2.05, 4.69) is 20.8 Å². The molecule has 0 spiro atoms. The number of halogens is 1. The van der Waals surface area contributed by atoms with Gasteiger partial charge in [0.2, 0.25) is 12.7 Å². The summed E-state index contributed by atoms with van der Waals surface area (Å²) in [5.41, 5.74) is 4.70. The van der Waals surface area contributed by atoms with Gasteiger partial charge < -0.3 is 14.4 Å². The molecule has 6 nitrogen and oxygen atoms in total. The van der Waals surface area contributed by atoms with Gasteiger partial charge in [-0.25, -0.2) is 9.37 Å². The molecule has 0 aliphatic carbocycles. The highest BCUT2D eigenvalue weighted by Gasteiger charge is 2.22. The number of pyridine rings is 2. The number of aryl methyl sites for hydroxylation is 1. The lowest BCUT2D eigenvalue weighted by atomic mass is 9.99. The summed E-state index contributed by atoms with van der Waals surface area (Å²) < 4.78 is 22.8. The summed E-state index contributed by atoms with van der Waals surface area (Å²) in [5.74, 6) is 0.790. The number of rotatable bonds is 6. The molecule has 0 unspecified atom stereocenters. The zero-order chi connectivity index (χ0) is 20.9. The van der Waals surface area contributed by atoms with Crippen LogP contribution in [0.1, 0.15) is 32.7 Å². The van der Waals surface area contributed by atoms with Crippen LogP contribution in [0.3, 0.4) is 0 Å². The molecule has 0 saturated heterocycles. The van der Waals surface area contributed by atoms with Crippen molar-refractivity contribution in [2.75, 3.05) is 13.4 Å². The van der Waals surface area contributed by atoms with E-state index in [-0.39, 0.29) is 11.8 Å². The van der Waals surface area contributed by atoms with Gasteiger partial charge in [-0.3, -0.25) is 9.78 Å². The van der Waals surface area contributed by atoms with Gasteiger partial charge in [-0.05, 0) is 54.3 Å². The van der Waals surface area contributed by atoms with E-state index in [0.29, 0.717) is 25.3 Å². The minimum absolute atomic E-state index is 0.116. The molecule has 1 aliphatic heterocycles. The van der Waals surface area contributed by atoms with Gasteiger partial charge in [0.25, 0.3) is 5.91 Å². The van der Waals surface area contributed by atoms with Crippen molar-refractivity contribution in [1.29, 1.82) is 0 Å². The van der Waals surface area contributed by atoms with Crippen LogP contribution in [0.4, 0.5) is 4.39 Å². The number of hydrogen-bond acceptors (Lipinski definition) is 5. The van der Waals surface area contributed by atoms with Crippen LogP contribution < -0.4 is 9.47 Å². The molecule has 0 radical (unpaired) electrons. The topological polar surface area (TPSA) is 64.5 Å². The first-order chi connectivity index (χ1) is 14.6. The molecule has 3 aromatic rings. The molecule has 7 heteroatoms. The molecule has 2 aromatic heterocycles. The molecule has 0 N–H and O–H groups in total. The van der Waals surface area contributed by atoms with Crippen LogP contribution in [0.15, 0.2) is 54.9 Å². The number of ether oxygens (including phenoxy) is 2. The number of carbonyl (C=O) groups is 1. The van der Waals surface area contributed by atoms with E-state index in [1.54, 1.807) is 11.0 Å². The Morgan fingerprint density at radius 1 is 1.07 bits per heavy atom. The normalized spacial score (nSPS) is 12.9. The van der Waals surface area contributed by atoms with E-state index >= 15 is 0 Å². The van der Waals surface area contributed by atoms with Crippen molar-refractivity contribution in [2.45, 2.75) is 26.5 Å². The molecule has 0 atom stereocenters. The molecule has 0 bridgehead atoms. The number of hydrogen-bond donors (Lipinski definition) is 0. The SMILES string of the molecule is Cc1ccc(COc2ccc3c(c2)CN(C(=O)c2ccc(OCF)nc2)CC3)nc1. The van der Waals surface area contributed by atoms with E-state index in [9.17, 15) is 9.18 Å². The maximum atomic E-state index is 12.8. The van der Waals surface area contributed by atoms with Gasteiger partial charge in [0.05, 0.1) is 11.3 Å². The highest BCUT2D eigenvalue weighted by Crippen LogP contribution is 2.25. The summed E-state index contributed by atoms with van der Waals surface area (Å²) in [4.78, 5) is 22.9. The Morgan fingerprint density at radius 3 is 2.70 bits per heavy atom. The average molecular weight is 407 g/mol. The highest BCUT2D eigenvalue weighted by atomic mass is 19.1. The van der Waals surface area contributed by atoms with Gasteiger partial charge in [0.1, 0.15) is 12.4 Å². The Bertz CT molecular complexity index is 1020. The highest BCUT2D eigenvalue weighted by molar-refractivity contribution is 5.94. The van der Waals surface area contributed by atoms with Gasteiger partial charge >= 0.3 is 0 Å². The van der Waals surface area contributed by atoms with Crippen LogP contribution >= 0.6 is 0 Å². The summed E-state index contributed by atoms with van der Waals surface area (Å²) in [6, 6.07) is 13.1. The predicted octanol–water partition coefficient (Wildman–Crippen LogP) is 3.87. The van der Waals surface area contributed by atoms with E-state index in [1.165, 1.54) is 17.8 Å². The minimum Gasteiger partial charge on any atom is -0.487 e. The third-order valence-electron chi connectivity index (χ3n) is 5.02. The van der Waals surface area contributed by atoms with Crippen molar-refractivity contribution in [3.05, 3.63) is 82.8 Å². The van der Waals surface area contributed by atoms with Crippen molar-refractivity contribution in [3.63, 3.8) is 0 Å². The third-order valence-corrected chi connectivity index (χ3v) is 5.02. The molecule has 3 heterocycles. The predicted molar refractivity (Wildman–Crippen MR) is 109 cm³/mol. The smallest absolute Gasteiger partial charge is 0.255 e. The number of alkyl halides is 1. The molecular formula is C23H22FN3O3. The second kappa shape index (κ2) is 8.90. The summed E-state index contributed by atoms with van der Waals surface area (Å²) in [7, 11) is 0. The summed E-state index contributed by atoms with van der Waals surface area (Å²) >= 11 is 0. The molecule has 0 saturated carbocycles. The average Bonchev–Trinajstić information content (AvgIpc) is 2.78. The van der Waals surface area contributed by atoms with Gasteiger partial charge in [-0.15, -0.1) is 0 Å². The van der Waals surface area contributed by atoms with Gasteiger partial charge in [-0.2, -0.15) is 0 Å². The number of carbonyl (C=O) groups excluding carboxylic acids is 1. The van der Waals surface area contributed by atoms with Crippen LogP contribution in [0.25, 0.3) is 0 Å². The number of benzene rings is 1. The summed E-state index contributed by atoms with van der Waals surface area (Å²) in [5, 5.41) is 0. The van der Waals surface area contributed by atoms with Crippen LogP contribution in [0, 0.1) is 6.92 Å². The van der Waals surface area contributed by atoms with E-state index in [1.807, 2.05) is 37.4 Å². The van der Waals surface area contributed by atoms with Gasteiger partial charge in [0.15, 0.2) is 0 Å². The van der Waals surface area contributed by atoms with Crippen LogP contribution in [0.2, 0.25) is 0 Å². The first-order valence-corrected chi connectivity index (χ1v) is 9.72. The van der Waals surface area contributed by atoms with Crippen molar-refractivity contribution in [2.24, 2.45) is 0 Å². The molecule has 154 valence electrons. The summed E-state index contributed by atoms with van der Waals surface area (Å²) in [6.07, 6.45) is 4.01. The zero-order valence-electron chi connectivity index (χ0n) is 16.7. The standard InChI is InChI=1S/C23H22FN3O3/c1-16-2-5-20(25-11-16)14-29-21-6-3-17-8-9-27(13-19(17)10-21)23(28)18-4-7-22(26-12-18)30-15-24/h2-7,10-12H,8-9,13-15H2,1H3. The van der Waals surface area contributed by atoms with Crippen LogP contribution in [-0.4, -0.2) is 34.2 Å². The number of fused-ring (bicyclic) bond motifs is 1. The van der Waals surface area contributed by atoms with Gasteiger partial charge in [0, 0.05) is 31.5 Å². The van der Waals surface area contributed by atoms with Crippen molar-refractivity contribution in [3.8, 4) is 11.6 Å². The Kier molecular flexibility index (Phi) is 5.88. The fourth-order valence-corrected chi connectivity index (χ4v) is 3.37. The van der Waals surface area contributed by atoms with Crippen molar-refractivity contribution >= 4 is 5.91 Å². The van der Waals surface area contributed by atoms with Crippen LogP contribution in [-0.2, 0) is 19.6 Å². The monoisotopic (exact) mass is 407 g/mol. The second-order valence-electron chi connectivity index (χ2n) is 7.16. The number of aromatic nitrogens is 2. The molecule has 1 aromatic carbocycles. The fourth-order valence-electron chi connectivity index (χ4n) is 3.37. The second-order valence-corrected chi connectivity index (χ2v) is 7.16. The van der Waals surface area contributed by atoms with Crippen molar-refractivity contribution < 1.29 is 18.7 Å². The quantitative estimate of drug-likeness (QED) is 0.621. The first kappa shape index (κ1) is 19.8. The lowest BCUT2D eigenvalue weighted by Gasteiger charge is -2.29. The largest absolute Gasteiger partial charge is 0.487 e. The lowest BCUT2D eigenvalue weighted by Crippen LogP contribution is -2.36. The molecule has 1 amide bonds. The maximum Gasteiger partial charge on any atom is 0.255 e. The fraction of sp³-hybridized carbons (Fsp3) is 0.261. The zero-order valence-corrected chi connectivity index (χ0v) is 16.7. The Balaban J connectivity index is 1.42. The Hall–Kier alpha value is -3.48. The van der Waals surface area contributed by atoms with Gasteiger partial charge in [-0.1, -0.05) is 12.1 Å². The first-order valence-electron chi connectivity index (χ1n) is 9.72. The minimum atomic E-state index is -0.951. The summed E-state index contributed by atoms with van der Waals surface area (Å²) in [6.45, 7) is 2.56. The van der Waals surface area contributed by atoms with Crippen molar-refractivity contribution in [1.82, 2.24) is 14.9 Å². The molecule has 30 heavy (non-hydrogen) atoms. The maximum absolute atomic E-state index is 12.8. The number of nitrogens with zero attached hydrogens (tertiary/aromatic N) is 3. The third kappa shape index (κ3) is 4.56. The van der Waals surface area contributed by atoms with E-state index in [0.717, 1.165) is 29.0 Å².